The molecule has 1 aliphatic rings. The van der Waals surface area contributed by atoms with Crippen molar-refractivity contribution in [3.63, 3.8) is 0 Å². The standard InChI is InChI=1S/C20H23ClN2O3/c1-13-6-17(21)7-15(20(13)25)9-19(24)16-8-18(11-23-10-16)26-12-14-2-4-22-5-3-14/h6-8,10-11,14,22,25H,2-5,9,12H2,1H3. The van der Waals surface area contributed by atoms with E-state index in [-0.39, 0.29) is 18.0 Å². The smallest absolute Gasteiger partial charge is 0.169 e. The van der Waals surface area contributed by atoms with Crippen LogP contribution < -0.4 is 10.1 Å². The SMILES string of the molecule is Cc1cc(Cl)cc(CC(=O)c2cncc(OCC3CCNCC3)c2)c1O. The number of ketones is 1. The van der Waals surface area contributed by atoms with E-state index in [0.717, 1.165) is 25.9 Å². The summed E-state index contributed by atoms with van der Waals surface area (Å²) >= 11 is 6.03. The second-order valence-corrected chi connectivity index (χ2v) is 7.18. The number of aromatic hydroxyl groups is 1. The normalized spacial score (nSPS) is 15.0. The summed E-state index contributed by atoms with van der Waals surface area (Å²) in [5, 5.41) is 14.0. The fourth-order valence-electron chi connectivity index (χ4n) is 3.13. The molecule has 0 amide bonds. The average Bonchev–Trinajstić information content (AvgIpc) is 2.65. The Morgan fingerprint density at radius 2 is 2.08 bits per heavy atom. The lowest BCUT2D eigenvalue weighted by atomic mass is 9.99. The minimum absolute atomic E-state index is 0.0622. The molecule has 0 atom stereocenters. The highest BCUT2D eigenvalue weighted by molar-refractivity contribution is 6.30. The topological polar surface area (TPSA) is 71.5 Å². The van der Waals surface area contributed by atoms with Crippen LogP contribution in [0.3, 0.4) is 0 Å². The van der Waals surface area contributed by atoms with Gasteiger partial charge in [0, 0.05) is 28.8 Å². The number of carbonyl (C=O) groups is 1. The van der Waals surface area contributed by atoms with Crippen LogP contribution in [0.1, 0.15) is 34.3 Å². The number of carbonyl (C=O) groups excluding carboxylic acids is 1. The van der Waals surface area contributed by atoms with Crippen LogP contribution >= 0.6 is 11.6 Å². The van der Waals surface area contributed by atoms with Crippen LogP contribution in [0, 0.1) is 12.8 Å². The van der Waals surface area contributed by atoms with Gasteiger partial charge in [-0.15, -0.1) is 0 Å². The number of phenolic OH excluding ortho intramolecular Hbond substituents is 1. The summed E-state index contributed by atoms with van der Waals surface area (Å²) in [5.74, 6) is 1.10. The van der Waals surface area contributed by atoms with Gasteiger partial charge in [-0.2, -0.15) is 0 Å². The van der Waals surface area contributed by atoms with Crippen LogP contribution in [0.15, 0.2) is 30.6 Å². The van der Waals surface area contributed by atoms with Gasteiger partial charge in [-0.1, -0.05) is 11.6 Å². The van der Waals surface area contributed by atoms with Gasteiger partial charge in [-0.05, 0) is 62.5 Å². The number of rotatable bonds is 6. The zero-order valence-electron chi connectivity index (χ0n) is 14.8. The van der Waals surface area contributed by atoms with E-state index >= 15 is 0 Å². The highest BCUT2D eigenvalue weighted by Crippen LogP contribution is 2.28. The molecule has 0 radical (unpaired) electrons. The van der Waals surface area contributed by atoms with Gasteiger partial charge in [-0.25, -0.2) is 0 Å². The van der Waals surface area contributed by atoms with Gasteiger partial charge in [0.25, 0.3) is 0 Å². The van der Waals surface area contributed by atoms with E-state index in [2.05, 4.69) is 10.3 Å². The molecule has 0 bridgehead atoms. The number of aromatic nitrogens is 1. The van der Waals surface area contributed by atoms with E-state index in [1.165, 1.54) is 6.20 Å². The van der Waals surface area contributed by atoms with Crippen molar-refractivity contribution < 1.29 is 14.6 Å². The fraction of sp³-hybridized carbons (Fsp3) is 0.400. The van der Waals surface area contributed by atoms with Crippen molar-refractivity contribution >= 4 is 17.4 Å². The van der Waals surface area contributed by atoms with Gasteiger partial charge in [0.05, 0.1) is 12.8 Å². The summed E-state index contributed by atoms with van der Waals surface area (Å²) in [4.78, 5) is 16.7. The predicted octanol–water partition coefficient (Wildman–Crippen LogP) is 3.55. The number of benzene rings is 1. The number of Topliss-reactive ketones (excluding diaryl/α,β-unsaturated/α-hetero) is 1. The lowest BCUT2D eigenvalue weighted by Gasteiger charge is -2.22. The van der Waals surface area contributed by atoms with Crippen molar-refractivity contribution in [1.82, 2.24) is 10.3 Å². The second-order valence-electron chi connectivity index (χ2n) is 6.74. The van der Waals surface area contributed by atoms with E-state index in [0.29, 0.717) is 40.0 Å². The number of hydrogen-bond acceptors (Lipinski definition) is 5. The van der Waals surface area contributed by atoms with Crippen LogP contribution in [0.25, 0.3) is 0 Å². The van der Waals surface area contributed by atoms with Crippen molar-refractivity contribution in [3.8, 4) is 11.5 Å². The molecule has 0 aliphatic carbocycles. The molecule has 2 N–H and O–H groups in total. The highest BCUT2D eigenvalue weighted by Gasteiger charge is 2.16. The minimum atomic E-state index is -0.137. The average molecular weight is 375 g/mol. The van der Waals surface area contributed by atoms with Crippen LogP contribution in [0.5, 0.6) is 11.5 Å². The number of pyridine rings is 1. The maximum Gasteiger partial charge on any atom is 0.169 e. The Kier molecular flexibility index (Phi) is 6.12. The molecule has 2 heterocycles. The molecular formula is C20H23ClN2O3. The zero-order valence-corrected chi connectivity index (χ0v) is 15.6. The number of ether oxygens (including phenoxy) is 1. The molecule has 2 aromatic rings. The molecule has 0 unspecified atom stereocenters. The lowest BCUT2D eigenvalue weighted by molar-refractivity contribution is 0.0991. The van der Waals surface area contributed by atoms with Crippen molar-refractivity contribution in [2.24, 2.45) is 5.92 Å². The molecule has 1 fully saturated rings. The van der Waals surface area contributed by atoms with Crippen molar-refractivity contribution in [3.05, 3.63) is 52.3 Å². The lowest BCUT2D eigenvalue weighted by Crippen LogP contribution is -2.30. The minimum Gasteiger partial charge on any atom is -0.507 e. The molecule has 3 rings (SSSR count). The first-order chi connectivity index (χ1) is 12.5. The van der Waals surface area contributed by atoms with Crippen molar-refractivity contribution in [1.29, 1.82) is 0 Å². The van der Waals surface area contributed by atoms with E-state index in [9.17, 15) is 9.90 Å². The Hall–Kier alpha value is -2.11. The van der Waals surface area contributed by atoms with Gasteiger partial charge in [0.1, 0.15) is 11.5 Å². The summed E-state index contributed by atoms with van der Waals surface area (Å²) in [7, 11) is 0. The second kappa shape index (κ2) is 8.52. The highest BCUT2D eigenvalue weighted by atomic mass is 35.5. The van der Waals surface area contributed by atoms with Crippen LogP contribution in [-0.2, 0) is 6.42 Å². The molecule has 1 aromatic heterocycles. The van der Waals surface area contributed by atoms with Crippen molar-refractivity contribution in [2.75, 3.05) is 19.7 Å². The maximum absolute atomic E-state index is 12.6. The molecule has 1 aromatic carbocycles. The predicted molar refractivity (Wildman–Crippen MR) is 101 cm³/mol. The zero-order chi connectivity index (χ0) is 18.5. The molecular weight excluding hydrogens is 352 g/mol. The third-order valence-corrected chi connectivity index (χ3v) is 4.89. The number of aryl methyl sites for hydroxylation is 1. The molecule has 6 heteroatoms. The quantitative estimate of drug-likeness (QED) is 0.756. The van der Waals surface area contributed by atoms with Gasteiger partial charge >= 0.3 is 0 Å². The number of nitrogens with one attached hydrogen (secondary N) is 1. The molecule has 0 saturated carbocycles. The first-order valence-corrected chi connectivity index (χ1v) is 9.20. The third kappa shape index (κ3) is 4.74. The largest absolute Gasteiger partial charge is 0.507 e. The first kappa shape index (κ1) is 18.7. The summed E-state index contributed by atoms with van der Waals surface area (Å²) in [6.07, 6.45) is 5.40. The van der Waals surface area contributed by atoms with Gasteiger partial charge in [0.2, 0.25) is 0 Å². The number of hydrogen-bond donors (Lipinski definition) is 2. The van der Waals surface area contributed by atoms with Crippen molar-refractivity contribution in [2.45, 2.75) is 26.2 Å². The summed E-state index contributed by atoms with van der Waals surface area (Å²) in [6.45, 7) is 4.43. The van der Waals surface area contributed by atoms with Crippen LogP contribution in [0.2, 0.25) is 5.02 Å². The number of halogens is 1. The van der Waals surface area contributed by atoms with E-state index in [1.807, 2.05) is 0 Å². The molecule has 1 saturated heterocycles. The number of piperidine rings is 1. The fourth-order valence-corrected chi connectivity index (χ4v) is 3.42. The maximum atomic E-state index is 12.6. The monoisotopic (exact) mass is 374 g/mol. The number of nitrogens with zero attached hydrogens (tertiary/aromatic N) is 1. The van der Waals surface area contributed by atoms with Gasteiger partial charge in [0.15, 0.2) is 5.78 Å². The van der Waals surface area contributed by atoms with Gasteiger partial charge < -0.3 is 15.2 Å². The van der Waals surface area contributed by atoms with E-state index in [1.54, 1.807) is 31.3 Å². The summed E-state index contributed by atoms with van der Waals surface area (Å²) in [6, 6.07) is 5.00. The first-order valence-electron chi connectivity index (χ1n) is 8.82. The van der Waals surface area contributed by atoms with Gasteiger partial charge in [-0.3, -0.25) is 9.78 Å². The van der Waals surface area contributed by atoms with E-state index in [4.69, 9.17) is 16.3 Å². The van der Waals surface area contributed by atoms with Crippen LogP contribution in [-0.4, -0.2) is 35.6 Å². The number of phenols is 1. The Bertz CT molecular complexity index is 789. The summed E-state index contributed by atoms with van der Waals surface area (Å²) < 4.78 is 5.84. The van der Waals surface area contributed by atoms with Crippen LogP contribution in [0.4, 0.5) is 0 Å². The third-order valence-electron chi connectivity index (χ3n) is 4.67. The molecule has 5 nitrogen and oxygen atoms in total. The Labute approximate surface area is 158 Å². The molecule has 138 valence electrons. The summed E-state index contributed by atoms with van der Waals surface area (Å²) in [5.41, 5.74) is 1.63. The Balaban J connectivity index is 1.66. The molecule has 0 spiro atoms. The Morgan fingerprint density at radius 1 is 1.31 bits per heavy atom. The molecule has 1 aliphatic heterocycles. The van der Waals surface area contributed by atoms with E-state index < -0.39 is 0 Å². The Morgan fingerprint density at radius 3 is 2.85 bits per heavy atom. The molecule has 26 heavy (non-hydrogen) atoms.